The van der Waals surface area contributed by atoms with Crippen molar-refractivity contribution in [3.63, 3.8) is 0 Å². The number of anilines is 1. The number of hydrogen-bond donors (Lipinski definition) is 0. The zero-order chi connectivity index (χ0) is 15.5. The Kier molecular flexibility index (Phi) is 9.28. The summed E-state index contributed by atoms with van der Waals surface area (Å²) < 4.78 is 5.33. The van der Waals surface area contributed by atoms with E-state index in [0.717, 1.165) is 12.2 Å². The van der Waals surface area contributed by atoms with Crippen molar-refractivity contribution in [2.24, 2.45) is 0 Å². The van der Waals surface area contributed by atoms with Crippen LogP contribution >= 0.6 is 0 Å². The molecule has 0 saturated carbocycles. The minimum atomic E-state index is -0.494. The van der Waals surface area contributed by atoms with E-state index in [9.17, 15) is 10.1 Å². The van der Waals surface area contributed by atoms with Gasteiger partial charge in [-0.15, -0.1) is 0 Å². The molecule has 2 rings (SSSR count). The van der Waals surface area contributed by atoms with Crippen molar-refractivity contribution in [2.45, 2.75) is 40.7 Å². The van der Waals surface area contributed by atoms with E-state index in [1.54, 1.807) is 12.3 Å². The van der Waals surface area contributed by atoms with E-state index in [1.807, 2.05) is 27.7 Å². The van der Waals surface area contributed by atoms with Crippen molar-refractivity contribution in [3.8, 4) is 0 Å². The fourth-order valence-corrected chi connectivity index (χ4v) is 1.77. The van der Waals surface area contributed by atoms with Crippen molar-refractivity contribution in [3.05, 3.63) is 28.4 Å². The summed E-state index contributed by atoms with van der Waals surface area (Å²) in [6, 6.07) is 3.43. The first-order valence-electron chi connectivity index (χ1n) is 7.13. The van der Waals surface area contributed by atoms with Gasteiger partial charge in [0, 0.05) is 18.7 Å². The molecule has 0 amide bonds. The van der Waals surface area contributed by atoms with Crippen molar-refractivity contribution < 1.29 is 9.66 Å². The normalized spacial score (nSPS) is 17.2. The molecule has 1 atom stereocenters. The van der Waals surface area contributed by atoms with Crippen LogP contribution in [0.1, 0.15) is 34.6 Å². The van der Waals surface area contributed by atoms with Crippen molar-refractivity contribution in [1.29, 1.82) is 0 Å². The summed E-state index contributed by atoms with van der Waals surface area (Å²) in [4.78, 5) is 15.9. The Labute approximate surface area is 120 Å². The molecule has 2 heterocycles. The first kappa shape index (κ1) is 18.3. The van der Waals surface area contributed by atoms with Gasteiger partial charge in [0.05, 0.1) is 18.9 Å². The van der Waals surface area contributed by atoms with E-state index in [-0.39, 0.29) is 11.9 Å². The number of morpholine rings is 1. The number of aromatic nitrogens is 1. The quantitative estimate of drug-likeness (QED) is 0.615. The largest absolute Gasteiger partial charge is 0.377 e. The smallest absolute Gasteiger partial charge is 0.363 e. The van der Waals surface area contributed by atoms with Gasteiger partial charge in [-0.1, -0.05) is 27.7 Å². The first-order valence-corrected chi connectivity index (χ1v) is 7.13. The lowest BCUT2D eigenvalue weighted by molar-refractivity contribution is -0.389. The van der Waals surface area contributed by atoms with Gasteiger partial charge in [0.25, 0.3) is 0 Å². The van der Waals surface area contributed by atoms with Gasteiger partial charge >= 0.3 is 5.82 Å². The highest BCUT2D eigenvalue weighted by molar-refractivity contribution is 5.47. The molecular formula is C14H25N3O3. The third-order valence-electron chi connectivity index (χ3n) is 2.62. The van der Waals surface area contributed by atoms with Crippen LogP contribution in [0.4, 0.5) is 11.5 Å². The van der Waals surface area contributed by atoms with E-state index in [1.165, 1.54) is 6.07 Å². The number of ether oxygens (including phenoxy) is 1. The molecule has 1 unspecified atom stereocenters. The van der Waals surface area contributed by atoms with Gasteiger partial charge in [0.2, 0.25) is 0 Å². The summed E-state index contributed by atoms with van der Waals surface area (Å²) in [5, 5.41) is 10.5. The molecule has 1 aromatic heterocycles. The van der Waals surface area contributed by atoms with Gasteiger partial charge in [-0.3, -0.25) is 0 Å². The number of rotatable bonds is 2. The summed E-state index contributed by atoms with van der Waals surface area (Å²) >= 11 is 0. The number of hydrogen-bond acceptors (Lipinski definition) is 5. The number of pyridine rings is 1. The van der Waals surface area contributed by atoms with Crippen LogP contribution in [-0.4, -0.2) is 35.7 Å². The Morgan fingerprint density at radius 1 is 1.35 bits per heavy atom. The second-order valence-electron chi connectivity index (χ2n) is 3.75. The molecule has 0 N–H and O–H groups in total. The monoisotopic (exact) mass is 283 g/mol. The van der Waals surface area contributed by atoms with E-state index in [0.29, 0.717) is 13.2 Å². The zero-order valence-electron chi connectivity index (χ0n) is 13.0. The molecule has 114 valence electrons. The number of nitrogens with zero attached hydrogens (tertiary/aromatic N) is 3. The summed E-state index contributed by atoms with van der Waals surface area (Å²) in [5.41, 5.74) is 0.904. The van der Waals surface area contributed by atoms with Gasteiger partial charge in [0.1, 0.15) is 0 Å². The lowest BCUT2D eigenvalue weighted by Crippen LogP contribution is -2.43. The second kappa shape index (κ2) is 10.1. The molecule has 0 bridgehead atoms. The zero-order valence-corrected chi connectivity index (χ0v) is 13.0. The summed E-state index contributed by atoms with van der Waals surface area (Å²) in [5.74, 6) is -0.121. The van der Waals surface area contributed by atoms with Crippen molar-refractivity contribution in [1.82, 2.24) is 4.98 Å². The molecular weight excluding hydrogens is 258 g/mol. The first-order chi connectivity index (χ1) is 9.68. The highest BCUT2D eigenvalue weighted by Gasteiger charge is 2.20. The van der Waals surface area contributed by atoms with Crippen LogP contribution in [-0.2, 0) is 4.74 Å². The van der Waals surface area contributed by atoms with Crippen LogP contribution in [0.25, 0.3) is 0 Å². The minimum absolute atomic E-state index is 0.121. The number of nitro groups is 1. The molecule has 0 spiro atoms. The topological polar surface area (TPSA) is 68.5 Å². The van der Waals surface area contributed by atoms with Gasteiger partial charge in [-0.05, 0) is 22.9 Å². The highest BCUT2D eigenvalue weighted by atomic mass is 16.6. The Balaban J connectivity index is 0.000000829. The van der Waals surface area contributed by atoms with Gasteiger partial charge in [-0.25, -0.2) is 0 Å². The molecule has 1 fully saturated rings. The average molecular weight is 283 g/mol. The SMILES string of the molecule is CC.CC.CC1COCCN1c1ccc([N+](=O)[O-])nc1. The Morgan fingerprint density at radius 3 is 2.45 bits per heavy atom. The summed E-state index contributed by atoms with van der Waals surface area (Å²) in [7, 11) is 0. The summed E-state index contributed by atoms with van der Waals surface area (Å²) in [6.07, 6.45) is 1.54. The van der Waals surface area contributed by atoms with Crippen LogP contribution in [0.15, 0.2) is 18.3 Å². The molecule has 0 aliphatic carbocycles. The molecule has 1 aliphatic rings. The molecule has 1 saturated heterocycles. The van der Waals surface area contributed by atoms with Crippen molar-refractivity contribution >= 4 is 11.5 Å². The molecule has 6 heteroatoms. The molecule has 0 aromatic carbocycles. The van der Waals surface area contributed by atoms with Crippen molar-refractivity contribution in [2.75, 3.05) is 24.7 Å². The fraction of sp³-hybridized carbons (Fsp3) is 0.643. The lowest BCUT2D eigenvalue weighted by Gasteiger charge is -2.34. The predicted molar refractivity (Wildman–Crippen MR) is 81.2 cm³/mol. The van der Waals surface area contributed by atoms with Crippen LogP contribution in [0.5, 0.6) is 0 Å². The highest BCUT2D eigenvalue weighted by Crippen LogP contribution is 2.20. The molecule has 20 heavy (non-hydrogen) atoms. The van der Waals surface area contributed by atoms with Crippen LogP contribution in [0.3, 0.4) is 0 Å². The van der Waals surface area contributed by atoms with E-state index >= 15 is 0 Å². The van der Waals surface area contributed by atoms with Gasteiger partial charge in [0.15, 0.2) is 6.20 Å². The molecule has 1 aromatic rings. The van der Waals surface area contributed by atoms with E-state index in [2.05, 4.69) is 16.8 Å². The van der Waals surface area contributed by atoms with Gasteiger partial charge < -0.3 is 19.8 Å². The Morgan fingerprint density at radius 2 is 2.00 bits per heavy atom. The molecule has 1 aliphatic heterocycles. The predicted octanol–water partition coefficient (Wildman–Crippen LogP) is 3.27. The third kappa shape index (κ3) is 5.13. The maximum absolute atomic E-state index is 10.5. The molecule has 0 radical (unpaired) electrons. The minimum Gasteiger partial charge on any atom is -0.377 e. The van der Waals surface area contributed by atoms with Crippen LogP contribution in [0, 0.1) is 10.1 Å². The fourth-order valence-electron chi connectivity index (χ4n) is 1.77. The average Bonchev–Trinajstić information content (AvgIpc) is 2.52. The second-order valence-corrected chi connectivity index (χ2v) is 3.75. The summed E-state index contributed by atoms with van der Waals surface area (Å²) in [6.45, 7) is 12.2. The van der Waals surface area contributed by atoms with Crippen LogP contribution < -0.4 is 4.90 Å². The lowest BCUT2D eigenvalue weighted by atomic mass is 10.2. The van der Waals surface area contributed by atoms with E-state index in [4.69, 9.17) is 4.74 Å². The van der Waals surface area contributed by atoms with Crippen LogP contribution in [0.2, 0.25) is 0 Å². The third-order valence-corrected chi connectivity index (χ3v) is 2.62. The Hall–Kier alpha value is -1.69. The maximum atomic E-state index is 10.5. The maximum Gasteiger partial charge on any atom is 0.363 e. The molecule has 6 nitrogen and oxygen atoms in total. The Bertz CT molecular complexity index is 382. The van der Waals surface area contributed by atoms with Gasteiger partial charge in [-0.2, -0.15) is 0 Å². The standard InChI is InChI=1S/C10H13N3O3.2C2H6/c1-8-7-16-5-4-12(8)9-2-3-10(11-6-9)13(14)15;2*1-2/h2-3,6,8H,4-5,7H2,1H3;2*1-2H3. The van der Waals surface area contributed by atoms with E-state index < -0.39 is 4.92 Å².